The average molecular weight is 244 g/mol. The Kier molecular flexibility index (Phi) is 2.78. The van der Waals surface area contributed by atoms with E-state index in [9.17, 15) is 9.90 Å². The van der Waals surface area contributed by atoms with Crippen molar-refractivity contribution in [2.75, 3.05) is 7.11 Å². The van der Waals surface area contributed by atoms with E-state index < -0.39 is 12.3 Å². The molecule has 0 aliphatic carbocycles. The molecule has 6 heteroatoms. The van der Waals surface area contributed by atoms with Gasteiger partial charge in [0.1, 0.15) is 11.5 Å². The van der Waals surface area contributed by atoms with Crippen LogP contribution in [0.25, 0.3) is 0 Å². The van der Waals surface area contributed by atoms with Crippen LogP contribution < -0.4 is 10.1 Å². The summed E-state index contributed by atoms with van der Waals surface area (Å²) < 4.78 is 9.86. The molecule has 0 saturated heterocycles. The van der Waals surface area contributed by atoms with Gasteiger partial charge in [-0.2, -0.15) is 0 Å². The van der Waals surface area contributed by atoms with E-state index in [-0.39, 0.29) is 5.75 Å². The molecule has 0 spiro atoms. The maximum atomic E-state index is 11.0. The van der Waals surface area contributed by atoms with E-state index in [1.54, 1.807) is 6.07 Å². The number of carbonyl (C=O) groups excluding carboxylic acids is 1. The molecule has 1 heterocycles. The average Bonchev–Trinajstić information content (AvgIpc) is 2.60. The molecule has 1 aliphatic rings. The van der Waals surface area contributed by atoms with Gasteiger partial charge < -0.3 is 14.6 Å². The normalized spacial score (nSPS) is 17.5. The third-order valence-corrected chi connectivity index (χ3v) is 2.52. The number of rotatable bonds is 1. The molecule has 16 heavy (non-hydrogen) atoms. The Balaban J connectivity index is 2.15. The first kappa shape index (κ1) is 10.9. The molecule has 1 atom stereocenters. The number of hydrogen-bond acceptors (Lipinski definition) is 4. The van der Waals surface area contributed by atoms with Gasteiger partial charge >= 0.3 is 6.09 Å². The number of carbonyl (C=O) groups is 1. The minimum atomic E-state index is -0.571. The summed E-state index contributed by atoms with van der Waals surface area (Å²) in [6.45, 7) is 0. The number of amides is 1. The van der Waals surface area contributed by atoms with Gasteiger partial charge in [0.2, 0.25) is 0 Å². The number of nitrogens with one attached hydrogen (secondary N) is 1. The van der Waals surface area contributed by atoms with Gasteiger partial charge in [0, 0.05) is 18.1 Å². The summed E-state index contributed by atoms with van der Waals surface area (Å²) in [7, 11) is 1.27. The number of benzene rings is 1. The minimum absolute atomic E-state index is 0.0751. The highest BCUT2D eigenvalue weighted by Crippen LogP contribution is 2.38. The lowest BCUT2D eigenvalue weighted by Gasteiger charge is -2.11. The smallest absolute Gasteiger partial charge is 0.409 e. The van der Waals surface area contributed by atoms with Crippen LogP contribution in [0.1, 0.15) is 5.56 Å². The molecular formula is C10H10ClNO4. The van der Waals surface area contributed by atoms with Crippen LogP contribution in [0.3, 0.4) is 0 Å². The number of methoxy groups -OCH3 is 1. The topological polar surface area (TPSA) is 67.8 Å². The van der Waals surface area contributed by atoms with Crippen molar-refractivity contribution in [2.24, 2.45) is 0 Å². The Morgan fingerprint density at radius 1 is 1.69 bits per heavy atom. The van der Waals surface area contributed by atoms with Crippen LogP contribution in [0.5, 0.6) is 11.5 Å². The number of ether oxygens (including phenoxy) is 2. The van der Waals surface area contributed by atoms with E-state index in [1.165, 1.54) is 13.2 Å². The fraction of sp³-hybridized carbons (Fsp3) is 0.300. The van der Waals surface area contributed by atoms with Crippen LogP contribution in [0.4, 0.5) is 4.79 Å². The Morgan fingerprint density at radius 3 is 3.12 bits per heavy atom. The summed E-state index contributed by atoms with van der Waals surface area (Å²) in [6, 6.07) is 2.95. The third-order valence-electron chi connectivity index (χ3n) is 2.23. The van der Waals surface area contributed by atoms with Gasteiger partial charge in [-0.3, -0.25) is 5.32 Å². The van der Waals surface area contributed by atoms with Crippen molar-refractivity contribution in [3.63, 3.8) is 0 Å². The third kappa shape index (κ3) is 1.99. The number of fused-ring (bicyclic) bond motifs is 1. The number of phenolic OH excluding ortho intramolecular Hbond substituents is 1. The molecule has 86 valence electrons. The molecule has 1 aliphatic heterocycles. The number of aromatic hydroxyl groups is 1. The molecule has 1 aromatic carbocycles. The van der Waals surface area contributed by atoms with E-state index in [1.807, 2.05) is 0 Å². The van der Waals surface area contributed by atoms with Crippen LogP contribution in [0.15, 0.2) is 12.1 Å². The van der Waals surface area contributed by atoms with Gasteiger partial charge in [-0.15, -0.1) is 0 Å². The van der Waals surface area contributed by atoms with E-state index in [0.717, 1.165) is 5.56 Å². The van der Waals surface area contributed by atoms with Crippen molar-refractivity contribution in [1.82, 2.24) is 5.32 Å². The highest BCUT2D eigenvalue weighted by molar-refractivity contribution is 6.32. The number of hydrogen-bond donors (Lipinski definition) is 2. The summed E-state index contributed by atoms with van der Waals surface area (Å²) >= 11 is 5.88. The summed E-state index contributed by atoms with van der Waals surface area (Å²) in [6.07, 6.45) is -0.640. The van der Waals surface area contributed by atoms with E-state index in [4.69, 9.17) is 16.3 Å². The second-order valence-corrected chi connectivity index (χ2v) is 3.77. The maximum absolute atomic E-state index is 11.0. The van der Waals surface area contributed by atoms with Gasteiger partial charge in [0.15, 0.2) is 6.23 Å². The molecule has 0 aromatic heterocycles. The highest BCUT2D eigenvalue weighted by atomic mass is 35.5. The first-order valence-corrected chi connectivity index (χ1v) is 5.00. The summed E-state index contributed by atoms with van der Waals surface area (Å²) in [5.41, 5.74) is 0.756. The number of alkyl carbamates (subject to hydrolysis) is 1. The lowest BCUT2D eigenvalue weighted by molar-refractivity contribution is 0.136. The Bertz CT molecular complexity index is 435. The van der Waals surface area contributed by atoms with Crippen LogP contribution in [0, 0.1) is 0 Å². The standard InChI is InChI=1S/C10H10ClNO4/c1-15-10(14)12-8-3-5-2-6(13)4-7(11)9(5)16-8/h2,4,8,13H,3H2,1H3,(H,12,14). The Hall–Kier alpha value is -1.62. The zero-order valence-electron chi connectivity index (χ0n) is 8.49. The largest absolute Gasteiger partial charge is 0.508 e. The quantitative estimate of drug-likeness (QED) is 0.787. The van der Waals surface area contributed by atoms with Gasteiger partial charge in [-0.25, -0.2) is 4.79 Å². The maximum Gasteiger partial charge on any atom is 0.409 e. The lowest BCUT2D eigenvalue weighted by Crippen LogP contribution is -2.37. The van der Waals surface area contributed by atoms with Gasteiger partial charge in [0.25, 0.3) is 0 Å². The molecule has 2 N–H and O–H groups in total. The van der Waals surface area contributed by atoms with E-state index in [2.05, 4.69) is 10.1 Å². The fourth-order valence-electron chi connectivity index (χ4n) is 1.57. The van der Waals surface area contributed by atoms with Gasteiger partial charge in [-0.1, -0.05) is 11.6 Å². The SMILES string of the molecule is COC(=O)NC1Cc2cc(O)cc(Cl)c2O1. The molecule has 0 fully saturated rings. The molecule has 2 rings (SSSR count). The minimum Gasteiger partial charge on any atom is -0.508 e. The second kappa shape index (κ2) is 4.09. The van der Waals surface area contributed by atoms with Crippen molar-refractivity contribution >= 4 is 17.7 Å². The van der Waals surface area contributed by atoms with Crippen LogP contribution in [0.2, 0.25) is 5.02 Å². The first-order valence-electron chi connectivity index (χ1n) is 4.62. The van der Waals surface area contributed by atoms with Crippen molar-refractivity contribution in [3.8, 4) is 11.5 Å². The van der Waals surface area contributed by atoms with E-state index in [0.29, 0.717) is 17.2 Å². The molecular weight excluding hydrogens is 234 g/mol. The van der Waals surface area contributed by atoms with Crippen molar-refractivity contribution in [3.05, 3.63) is 22.7 Å². The van der Waals surface area contributed by atoms with Crippen LogP contribution >= 0.6 is 11.6 Å². The fourth-order valence-corrected chi connectivity index (χ4v) is 1.85. The second-order valence-electron chi connectivity index (χ2n) is 3.36. The molecule has 0 saturated carbocycles. The van der Waals surface area contributed by atoms with Crippen molar-refractivity contribution in [1.29, 1.82) is 0 Å². The monoisotopic (exact) mass is 243 g/mol. The Morgan fingerprint density at radius 2 is 2.44 bits per heavy atom. The zero-order valence-corrected chi connectivity index (χ0v) is 9.25. The van der Waals surface area contributed by atoms with Gasteiger partial charge in [0.05, 0.1) is 12.1 Å². The molecule has 0 radical (unpaired) electrons. The first-order chi connectivity index (χ1) is 7.60. The zero-order chi connectivity index (χ0) is 11.7. The predicted octanol–water partition coefficient (Wildman–Crippen LogP) is 1.66. The summed E-state index contributed by atoms with van der Waals surface area (Å²) in [5.74, 6) is 0.562. The van der Waals surface area contributed by atoms with Gasteiger partial charge in [-0.05, 0) is 6.07 Å². The highest BCUT2D eigenvalue weighted by Gasteiger charge is 2.27. The van der Waals surface area contributed by atoms with E-state index >= 15 is 0 Å². The lowest BCUT2D eigenvalue weighted by atomic mass is 10.1. The number of phenols is 1. The van der Waals surface area contributed by atoms with Crippen molar-refractivity contribution < 1.29 is 19.4 Å². The molecule has 1 amide bonds. The molecule has 1 unspecified atom stereocenters. The molecule has 1 aromatic rings. The van der Waals surface area contributed by atoms with Crippen molar-refractivity contribution in [2.45, 2.75) is 12.6 Å². The van der Waals surface area contributed by atoms with Crippen LogP contribution in [-0.4, -0.2) is 24.5 Å². The summed E-state index contributed by atoms with van der Waals surface area (Å²) in [4.78, 5) is 11.0. The Labute approximate surface area is 96.9 Å². The molecule has 0 bridgehead atoms. The molecule has 5 nitrogen and oxygen atoms in total. The summed E-state index contributed by atoms with van der Waals surface area (Å²) in [5, 5.41) is 12.2. The van der Waals surface area contributed by atoms with Crippen LogP contribution in [-0.2, 0) is 11.2 Å². The number of halogens is 1. The predicted molar refractivity (Wildman–Crippen MR) is 56.8 cm³/mol.